The molecule has 4 aromatic rings. The van der Waals surface area contributed by atoms with E-state index in [2.05, 4.69) is 37.3 Å². The lowest BCUT2D eigenvalue weighted by Gasteiger charge is -2.25. The maximum absolute atomic E-state index is 5.88. The van der Waals surface area contributed by atoms with Crippen LogP contribution in [0.5, 0.6) is 0 Å². The topological polar surface area (TPSA) is 56.7 Å². The summed E-state index contributed by atoms with van der Waals surface area (Å²) in [6.45, 7) is 0. The third kappa shape index (κ3) is 3.73. The van der Waals surface area contributed by atoms with E-state index in [4.69, 9.17) is 4.42 Å². The van der Waals surface area contributed by atoms with Crippen molar-refractivity contribution in [1.82, 2.24) is 19.7 Å². The monoisotopic (exact) mass is 410 g/mol. The molecule has 0 N–H and O–H groups in total. The van der Waals surface area contributed by atoms with E-state index in [1.54, 1.807) is 23.1 Å². The molecule has 0 unspecified atom stereocenters. The minimum Gasteiger partial charge on any atom is -0.440 e. The molecule has 5 nitrogen and oxygen atoms in total. The normalized spacial score (nSPS) is 15.4. The van der Waals surface area contributed by atoms with Gasteiger partial charge in [0.25, 0.3) is 0 Å². The van der Waals surface area contributed by atoms with E-state index in [0.717, 1.165) is 34.4 Å². The third-order valence-corrected chi connectivity index (χ3v) is 7.05. The quantitative estimate of drug-likeness (QED) is 0.372. The SMILES string of the molecule is c1csc(Cc2nnc(SCc3nc4ccccc4o3)n2C2CCCCC2)c1. The van der Waals surface area contributed by atoms with Crippen molar-refractivity contribution in [2.45, 2.75) is 55.5 Å². The molecule has 5 rings (SSSR count). The fraction of sp³-hybridized carbons (Fsp3) is 0.381. The summed E-state index contributed by atoms with van der Waals surface area (Å²) in [5, 5.41) is 12.2. The molecule has 0 spiro atoms. The number of oxazole rings is 1. The molecule has 0 amide bonds. The number of thioether (sulfide) groups is 1. The van der Waals surface area contributed by atoms with Gasteiger partial charge in [-0.05, 0) is 36.4 Å². The van der Waals surface area contributed by atoms with Gasteiger partial charge >= 0.3 is 0 Å². The van der Waals surface area contributed by atoms with Gasteiger partial charge in [0.15, 0.2) is 10.7 Å². The first-order chi connectivity index (χ1) is 13.9. The Labute approximate surface area is 172 Å². The van der Waals surface area contributed by atoms with Gasteiger partial charge in [-0.15, -0.1) is 21.5 Å². The second-order valence-corrected chi connectivity index (χ2v) is 9.16. The highest BCUT2D eigenvalue weighted by Crippen LogP contribution is 2.34. The summed E-state index contributed by atoms with van der Waals surface area (Å²) in [6.07, 6.45) is 7.19. The number of para-hydroxylation sites is 2. The second-order valence-electron chi connectivity index (χ2n) is 7.18. The van der Waals surface area contributed by atoms with Crippen LogP contribution in [-0.2, 0) is 12.2 Å². The van der Waals surface area contributed by atoms with Crippen LogP contribution in [-0.4, -0.2) is 19.7 Å². The van der Waals surface area contributed by atoms with Gasteiger partial charge in [0.2, 0.25) is 5.89 Å². The Morgan fingerprint density at radius 3 is 2.79 bits per heavy atom. The minimum absolute atomic E-state index is 0.504. The predicted octanol–water partition coefficient (Wildman–Crippen LogP) is 5.87. The first-order valence-corrected chi connectivity index (χ1v) is 11.7. The zero-order valence-corrected chi connectivity index (χ0v) is 17.2. The number of rotatable bonds is 6. The Kier molecular flexibility index (Phi) is 5.18. The number of benzene rings is 1. The molecule has 3 heterocycles. The van der Waals surface area contributed by atoms with Crippen LogP contribution in [0.2, 0.25) is 0 Å². The predicted molar refractivity (Wildman–Crippen MR) is 113 cm³/mol. The molecular weight excluding hydrogens is 388 g/mol. The van der Waals surface area contributed by atoms with E-state index in [1.165, 1.54) is 37.0 Å². The van der Waals surface area contributed by atoms with Crippen molar-refractivity contribution in [1.29, 1.82) is 0 Å². The van der Waals surface area contributed by atoms with Gasteiger partial charge in [0, 0.05) is 17.3 Å². The molecular formula is C21H22N4OS2. The van der Waals surface area contributed by atoms with E-state index in [0.29, 0.717) is 11.8 Å². The molecule has 1 aliphatic rings. The largest absolute Gasteiger partial charge is 0.440 e. The molecule has 1 saturated carbocycles. The number of hydrogen-bond donors (Lipinski definition) is 0. The molecule has 1 aromatic carbocycles. The van der Waals surface area contributed by atoms with Gasteiger partial charge in [-0.2, -0.15) is 0 Å². The lowest BCUT2D eigenvalue weighted by atomic mass is 9.95. The number of fused-ring (bicyclic) bond motifs is 1. The molecule has 144 valence electrons. The Bertz CT molecular complexity index is 1010. The number of hydrogen-bond acceptors (Lipinski definition) is 6. The Morgan fingerprint density at radius 1 is 1.07 bits per heavy atom. The van der Waals surface area contributed by atoms with Crippen LogP contribution < -0.4 is 0 Å². The average molecular weight is 411 g/mol. The van der Waals surface area contributed by atoms with Crippen molar-refractivity contribution in [2.75, 3.05) is 0 Å². The van der Waals surface area contributed by atoms with E-state index in [9.17, 15) is 0 Å². The maximum atomic E-state index is 5.88. The minimum atomic E-state index is 0.504. The lowest BCUT2D eigenvalue weighted by molar-refractivity contribution is 0.330. The van der Waals surface area contributed by atoms with Crippen molar-refractivity contribution in [3.8, 4) is 0 Å². The van der Waals surface area contributed by atoms with E-state index >= 15 is 0 Å². The lowest BCUT2D eigenvalue weighted by Crippen LogP contribution is -2.16. The summed E-state index contributed by atoms with van der Waals surface area (Å²) in [6, 6.07) is 12.7. The first-order valence-electron chi connectivity index (χ1n) is 9.80. The van der Waals surface area contributed by atoms with Crippen LogP contribution in [0.3, 0.4) is 0 Å². The van der Waals surface area contributed by atoms with E-state index < -0.39 is 0 Å². The van der Waals surface area contributed by atoms with Gasteiger partial charge in [0.05, 0.1) is 5.75 Å². The number of thiophene rings is 1. The molecule has 28 heavy (non-hydrogen) atoms. The smallest absolute Gasteiger partial charge is 0.205 e. The molecule has 7 heteroatoms. The summed E-state index contributed by atoms with van der Waals surface area (Å²) in [4.78, 5) is 5.93. The van der Waals surface area contributed by atoms with E-state index in [1.807, 2.05) is 24.3 Å². The maximum Gasteiger partial charge on any atom is 0.205 e. The van der Waals surface area contributed by atoms with Gasteiger partial charge in [0.1, 0.15) is 11.3 Å². The molecule has 0 radical (unpaired) electrons. The molecule has 0 aliphatic heterocycles. The molecule has 0 bridgehead atoms. The van der Waals surface area contributed by atoms with Crippen molar-refractivity contribution in [2.24, 2.45) is 0 Å². The molecule has 1 aliphatic carbocycles. The number of nitrogens with zero attached hydrogens (tertiary/aromatic N) is 4. The van der Waals surface area contributed by atoms with Crippen LogP contribution in [0.25, 0.3) is 11.1 Å². The highest BCUT2D eigenvalue weighted by Gasteiger charge is 2.23. The summed E-state index contributed by atoms with van der Waals surface area (Å²) in [5.41, 5.74) is 1.75. The zero-order valence-electron chi connectivity index (χ0n) is 15.6. The van der Waals surface area contributed by atoms with Crippen molar-refractivity contribution in [3.05, 3.63) is 58.4 Å². The Morgan fingerprint density at radius 2 is 1.96 bits per heavy atom. The van der Waals surface area contributed by atoms with Crippen molar-refractivity contribution >= 4 is 34.2 Å². The second kappa shape index (κ2) is 8.09. The highest BCUT2D eigenvalue weighted by molar-refractivity contribution is 7.98. The zero-order chi connectivity index (χ0) is 18.8. The fourth-order valence-corrected chi connectivity index (χ4v) is 5.48. The number of aromatic nitrogens is 4. The van der Waals surface area contributed by atoms with Gasteiger partial charge in [-0.25, -0.2) is 4.98 Å². The summed E-state index contributed by atoms with van der Waals surface area (Å²) in [7, 11) is 0. The van der Waals surface area contributed by atoms with Gasteiger partial charge in [-0.1, -0.05) is 49.2 Å². The van der Waals surface area contributed by atoms with Crippen molar-refractivity contribution in [3.63, 3.8) is 0 Å². The summed E-state index contributed by atoms with van der Waals surface area (Å²) < 4.78 is 8.27. The van der Waals surface area contributed by atoms with Crippen molar-refractivity contribution < 1.29 is 4.42 Å². The molecule has 0 saturated heterocycles. The fourth-order valence-electron chi connectivity index (χ4n) is 3.91. The van der Waals surface area contributed by atoms with Crippen LogP contribution in [0.15, 0.2) is 51.4 Å². The molecule has 3 aromatic heterocycles. The average Bonchev–Trinajstić information content (AvgIpc) is 3.47. The Balaban J connectivity index is 1.40. The van der Waals surface area contributed by atoms with Crippen LogP contribution in [0, 0.1) is 0 Å². The summed E-state index contributed by atoms with van der Waals surface area (Å²) in [5.74, 6) is 2.48. The van der Waals surface area contributed by atoms with Crippen LogP contribution in [0.4, 0.5) is 0 Å². The Hall–Kier alpha value is -2.12. The highest BCUT2D eigenvalue weighted by atomic mass is 32.2. The van der Waals surface area contributed by atoms with Gasteiger partial charge in [-0.3, -0.25) is 0 Å². The summed E-state index contributed by atoms with van der Waals surface area (Å²) >= 11 is 3.46. The van der Waals surface area contributed by atoms with Gasteiger partial charge < -0.3 is 8.98 Å². The molecule has 1 fully saturated rings. The first kappa shape index (κ1) is 17.9. The standard InChI is InChI=1S/C21H22N4OS2/c1-2-7-15(8-3-1)25-19(13-16-9-6-12-27-16)23-24-21(25)28-14-20-22-17-10-4-5-11-18(17)26-20/h4-6,9-12,15H,1-3,7-8,13-14H2. The molecule has 0 atom stereocenters. The third-order valence-electron chi connectivity index (χ3n) is 5.25. The van der Waals surface area contributed by atoms with Crippen LogP contribution >= 0.6 is 23.1 Å². The van der Waals surface area contributed by atoms with Crippen LogP contribution in [0.1, 0.15) is 54.7 Å². The van der Waals surface area contributed by atoms with E-state index in [-0.39, 0.29) is 0 Å².